The second-order valence-electron chi connectivity index (χ2n) is 21.1. The van der Waals surface area contributed by atoms with E-state index < -0.39 is 0 Å². The molecule has 16 rings (SSSR count). The number of furan rings is 1. The van der Waals surface area contributed by atoms with Crippen molar-refractivity contribution >= 4 is 65.6 Å². The summed E-state index contributed by atoms with van der Waals surface area (Å²) in [6.45, 7) is 8.69. The van der Waals surface area contributed by atoms with Gasteiger partial charge in [-0.05, 0) is 111 Å². The van der Waals surface area contributed by atoms with Crippen LogP contribution < -0.4 is 0 Å². The van der Waals surface area contributed by atoms with Gasteiger partial charge >= 0.3 is 0 Å². The lowest BCUT2D eigenvalue weighted by atomic mass is 9.82. The number of aromatic nitrogens is 5. The fourth-order valence-electron chi connectivity index (χ4n) is 12.7. The molecule has 380 valence electrons. The Kier molecular flexibility index (Phi) is 10.9. The average molecular weight is 1030 g/mol. The van der Waals surface area contributed by atoms with Crippen molar-refractivity contribution in [3.8, 4) is 78.9 Å². The summed E-state index contributed by atoms with van der Waals surface area (Å²) in [7, 11) is 0. The Morgan fingerprint density at radius 2 is 0.875 bits per heavy atom. The predicted molar refractivity (Wildman–Crippen MR) is 332 cm³/mol. The first kappa shape index (κ1) is 47.1. The summed E-state index contributed by atoms with van der Waals surface area (Å²) in [6, 6.07) is 89.2. The number of hydrogen-bond donors (Lipinski definition) is 0. The van der Waals surface area contributed by atoms with Crippen LogP contribution in [0.1, 0.15) is 38.8 Å². The first-order valence-corrected chi connectivity index (χ1v) is 27.7. The third-order valence-electron chi connectivity index (χ3n) is 16.4. The number of nitrogens with zero attached hydrogens (tertiary/aromatic N) is 5. The third-order valence-corrected chi connectivity index (χ3v) is 16.4. The zero-order chi connectivity index (χ0) is 53.6. The molecule has 0 unspecified atom stereocenters. The first-order chi connectivity index (χ1) is 39.4. The van der Waals surface area contributed by atoms with Crippen molar-refractivity contribution in [2.75, 3.05) is 0 Å². The molecule has 0 radical (unpaired) electrons. The van der Waals surface area contributed by atoms with Crippen LogP contribution in [0.4, 0.5) is 0 Å². The maximum Gasteiger partial charge on any atom is 0.238 e. The van der Waals surface area contributed by atoms with Crippen LogP contribution in [-0.4, -0.2) is 24.1 Å². The minimum absolute atomic E-state index is 0.0836. The van der Waals surface area contributed by atoms with Gasteiger partial charge in [-0.1, -0.05) is 216 Å². The van der Waals surface area contributed by atoms with Gasteiger partial charge in [0.1, 0.15) is 11.2 Å². The van der Waals surface area contributed by atoms with Crippen molar-refractivity contribution < 1.29 is 4.42 Å². The minimum atomic E-state index is -0.0836. The molecular formula is C74H53N5O. The molecule has 4 aromatic heterocycles. The molecule has 80 heavy (non-hydrogen) atoms. The Bertz CT molecular complexity index is 4910. The predicted octanol–water partition coefficient (Wildman–Crippen LogP) is 19.6. The molecule has 1 aliphatic carbocycles. The normalized spacial score (nSPS) is 12.6. The van der Waals surface area contributed by atoms with Crippen molar-refractivity contribution in [1.82, 2.24) is 24.1 Å². The summed E-state index contributed by atoms with van der Waals surface area (Å²) < 4.78 is 11.1. The number of fused-ring (bicyclic) bond motifs is 12. The Morgan fingerprint density at radius 3 is 1.64 bits per heavy atom. The van der Waals surface area contributed by atoms with Crippen LogP contribution in [0.3, 0.4) is 0 Å². The Balaban J connectivity index is 0.00000273. The second kappa shape index (κ2) is 18.5. The summed E-state index contributed by atoms with van der Waals surface area (Å²) >= 11 is 0. The number of benzene rings is 11. The molecule has 0 saturated heterocycles. The van der Waals surface area contributed by atoms with Crippen LogP contribution in [0.5, 0.6) is 0 Å². The van der Waals surface area contributed by atoms with Gasteiger partial charge in [-0.15, -0.1) is 0 Å². The van der Waals surface area contributed by atoms with Crippen molar-refractivity contribution in [3.63, 3.8) is 0 Å². The van der Waals surface area contributed by atoms with E-state index in [0.717, 1.165) is 93.8 Å². The van der Waals surface area contributed by atoms with Crippen molar-refractivity contribution in [2.24, 2.45) is 0 Å². The van der Waals surface area contributed by atoms with Gasteiger partial charge in [-0.3, -0.25) is 4.57 Å². The van der Waals surface area contributed by atoms with E-state index in [1.165, 1.54) is 44.2 Å². The topological polar surface area (TPSA) is 61.7 Å². The van der Waals surface area contributed by atoms with E-state index in [1.54, 1.807) is 0 Å². The van der Waals surface area contributed by atoms with E-state index in [1.807, 2.05) is 50.2 Å². The third kappa shape index (κ3) is 7.29. The van der Waals surface area contributed by atoms with E-state index in [4.69, 9.17) is 19.4 Å². The summed E-state index contributed by atoms with van der Waals surface area (Å²) in [4.78, 5) is 16.1. The maximum absolute atomic E-state index is 6.44. The van der Waals surface area contributed by atoms with Crippen molar-refractivity contribution in [3.05, 3.63) is 260 Å². The lowest BCUT2D eigenvalue weighted by molar-refractivity contribution is 0.660. The van der Waals surface area contributed by atoms with Gasteiger partial charge in [-0.25, -0.2) is 4.98 Å². The van der Waals surface area contributed by atoms with Gasteiger partial charge < -0.3 is 8.98 Å². The van der Waals surface area contributed by atoms with Gasteiger partial charge in [0.25, 0.3) is 0 Å². The van der Waals surface area contributed by atoms with Crippen LogP contribution in [0.2, 0.25) is 0 Å². The van der Waals surface area contributed by atoms with Gasteiger partial charge in [-0.2, -0.15) is 9.97 Å². The molecule has 0 atom stereocenters. The van der Waals surface area contributed by atoms with Crippen LogP contribution in [0.15, 0.2) is 253 Å². The Morgan fingerprint density at radius 1 is 0.338 bits per heavy atom. The second-order valence-corrected chi connectivity index (χ2v) is 21.1. The van der Waals surface area contributed by atoms with Crippen molar-refractivity contribution in [1.29, 1.82) is 0 Å². The molecule has 6 heteroatoms. The molecule has 6 nitrogen and oxygen atoms in total. The fraction of sp³-hybridized carbons (Fsp3) is 0.0676. The molecule has 1 aliphatic rings. The summed E-state index contributed by atoms with van der Waals surface area (Å²) in [5.41, 5.74) is 20.9. The van der Waals surface area contributed by atoms with Gasteiger partial charge in [0.2, 0.25) is 5.95 Å². The summed E-state index contributed by atoms with van der Waals surface area (Å²) in [5, 5.41) is 6.73. The first-order valence-electron chi connectivity index (χ1n) is 27.7. The quantitative estimate of drug-likeness (QED) is 0.160. The van der Waals surface area contributed by atoms with E-state index in [-0.39, 0.29) is 5.41 Å². The van der Waals surface area contributed by atoms with E-state index in [9.17, 15) is 0 Å². The molecule has 0 spiro atoms. The molecule has 0 aliphatic heterocycles. The summed E-state index contributed by atoms with van der Waals surface area (Å²) in [6.07, 6.45) is 0. The van der Waals surface area contributed by atoms with Gasteiger partial charge in [0.15, 0.2) is 11.6 Å². The van der Waals surface area contributed by atoms with Crippen molar-refractivity contribution in [2.45, 2.75) is 33.1 Å². The van der Waals surface area contributed by atoms with Crippen LogP contribution in [0, 0.1) is 0 Å². The molecular weight excluding hydrogens is 975 g/mol. The highest BCUT2D eigenvalue weighted by Gasteiger charge is 2.36. The fourth-order valence-corrected chi connectivity index (χ4v) is 12.7. The molecule has 0 amide bonds. The molecule has 15 aromatic rings. The lowest BCUT2D eigenvalue weighted by Gasteiger charge is -2.21. The molecule has 0 N–H and O–H groups in total. The molecule has 0 saturated carbocycles. The van der Waals surface area contributed by atoms with Crippen LogP contribution >= 0.6 is 0 Å². The zero-order valence-corrected chi connectivity index (χ0v) is 44.8. The Hall–Kier alpha value is -10.2. The highest BCUT2D eigenvalue weighted by molar-refractivity contribution is 6.15. The Labute approximate surface area is 463 Å². The SMILES string of the molecule is CC.CC1(C)c2ccccc2-c2c(-c3cccc(-c4cccc(-c5cccc6c7cc(-n8c9ccccc9c9ccccc98)ccc7n(-c7nc(-c8ccccc8)nc(-c8ccc9c(c8)oc8ccccc89)n7)c56)c4)c3)cccc21. The van der Waals surface area contributed by atoms with Crippen LogP contribution in [0.25, 0.3) is 144 Å². The highest BCUT2D eigenvalue weighted by atomic mass is 16.3. The number of para-hydroxylation sites is 4. The molecule has 4 heterocycles. The van der Waals surface area contributed by atoms with E-state index in [0.29, 0.717) is 17.6 Å². The largest absolute Gasteiger partial charge is 0.456 e. The smallest absolute Gasteiger partial charge is 0.238 e. The van der Waals surface area contributed by atoms with Gasteiger partial charge in [0, 0.05) is 60.1 Å². The van der Waals surface area contributed by atoms with E-state index >= 15 is 0 Å². The van der Waals surface area contributed by atoms with Crippen LogP contribution in [-0.2, 0) is 5.41 Å². The minimum Gasteiger partial charge on any atom is -0.456 e. The monoisotopic (exact) mass is 1030 g/mol. The standard InChI is InChI=1S/C72H47N5O.C2H6/c1-72(2)60-31-10-6-27-58(60)67-51(28-17-32-61(67)72)47-22-14-20-45(40-47)46-21-15-23-48(41-46)52-29-16-30-57-59-43-50(76-62-33-11-7-24-53(62)54-25-8-12-34-63(54)76)37-39-64(59)77(68(52)57)71-74-69(44-18-4-3-5-19-44)73-70(75-71)49-36-38-56-55-26-9-13-35-65(55)78-66(56)42-49;1-2/h3-43H,1-2H3;1-2H3. The highest BCUT2D eigenvalue weighted by Crippen LogP contribution is 2.52. The molecule has 0 bridgehead atoms. The van der Waals surface area contributed by atoms with Gasteiger partial charge in [0.05, 0.1) is 22.1 Å². The average Bonchev–Trinajstić information content (AvgIpc) is 4.39. The molecule has 11 aromatic carbocycles. The summed E-state index contributed by atoms with van der Waals surface area (Å²) in [5.74, 6) is 1.64. The van der Waals surface area contributed by atoms with E-state index in [2.05, 4.69) is 235 Å². The molecule has 0 fully saturated rings. The number of hydrogen-bond acceptors (Lipinski definition) is 4. The maximum atomic E-state index is 6.44. The number of rotatable bonds is 7. The lowest BCUT2D eigenvalue weighted by Crippen LogP contribution is -2.14. The zero-order valence-electron chi connectivity index (χ0n) is 44.8.